The van der Waals surface area contributed by atoms with Gasteiger partial charge < -0.3 is 4.90 Å². The van der Waals surface area contributed by atoms with Crippen LogP contribution in [0.15, 0.2) is 0 Å². The van der Waals surface area contributed by atoms with Crippen molar-refractivity contribution < 1.29 is 14.4 Å². The van der Waals surface area contributed by atoms with Crippen LogP contribution >= 0.6 is 0 Å². The molecule has 1 rings (SSSR count). The Morgan fingerprint density at radius 3 is 2.62 bits per heavy atom. The van der Waals surface area contributed by atoms with Crippen molar-refractivity contribution in [1.82, 2.24) is 4.90 Å². The van der Waals surface area contributed by atoms with Crippen molar-refractivity contribution in [3.8, 4) is 0 Å². The van der Waals surface area contributed by atoms with Crippen molar-refractivity contribution in [2.24, 2.45) is 0 Å². The summed E-state index contributed by atoms with van der Waals surface area (Å²) >= 11 is 0. The second kappa shape index (κ2) is 3.68. The highest BCUT2D eigenvalue weighted by Crippen LogP contribution is 2.16. The largest absolute Gasteiger partial charge is 0.325 e. The van der Waals surface area contributed by atoms with E-state index in [4.69, 9.17) is 0 Å². The first-order valence-corrected chi connectivity index (χ1v) is 4.38. The van der Waals surface area contributed by atoms with Crippen LogP contribution in [-0.4, -0.2) is 35.0 Å². The summed E-state index contributed by atoms with van der Waals surface area (Å²) in [4.78, 5) is 34.8. The van der Waals surface area contributed by atoms with Gasteiger partial charge in [0, 0.05) is 19.8 Å². The average Bonchev–Trinajstić information content (AvgIpc) is 2.46. The molecule has 0 bridgehead atoms. The summed E-state index contributed by atoms with van der Waals surface area (Å²) < 4.78 is 0. The van der Waals surface area contributed by atoms with Crippen LogP contribution in [0.5, 0.6) is 0 Å². The molecule has 0 aromatic rings. The molecule has 0 aromatic carbocycles. The Labute approximate surface area is 76.9 Å². The molecular weight excluding hydrogens is 170 g/mol. The van der Waals surface area contributed by atoms with Gasteiger partial charge in [0.25, 0.3) is 0 Å². The molecular formula is C9H13NO3. The van der Waals surface area contributed by atoms with E-state index in [1.165, 1.54) is 11.8 Å². The molecule has 1 heterocycles. The first kappa shape index (κ1) is 9.89. The van der Waals surface area contributed by atoms with E-state index in [2.05, 4.69) is 0 Å². The molecule has 1 amide bonds. The van der Waals surface area contributed by atoms with Crippen LogP contribution < -0.4 is 0 Å². The van der Waals surface area contributed by atoms with Gasteiger partial charge in [0.05, 0.1) is 12.6 Å². The lowest BCUT2D eigenvalue weighted by Crippen LogP contribution is -2.38. The highest BCUT2D eigenvalue weighted by molar-refractivity contribution is 5.98. The van der Waals surface area contributed by atoms with E-state index in [-0.39, 0.29) is 30.4 Å². The third kappa shape index (κ3) is 1.94. The van der Waals surface area contributed by atoms with Crippen LogP contribution in [0, 0.1) is 0 Å². The first-order valence-electron chi connectivity index (χ1n) is 4.38. The lowest BCUT2D eigenvalue weighted by Gasteiger charge is -2.20. The topological polar surface area (TPSA) is 54.5 Å². The van der Waals surface area contributed by atoms with Crippen LogP contribution in [0.1, 0.15) is 26.7 Å². The van der Waals surface area contributed by atoms with Gasteiger partial charge in [-0.25, -0.2) is 0 Å². The smallest absolute Gasteiger partial charge is 0.220 e. The maximum Gasteiger partial charge on any atom is 0.220 e. The van der Waals surface area contributed by atoms with Crippen molar-refractivity contribution in [3.63, 3.8) is 0 Å². The third-order valence-electron chi connectivity index (χ3n) is 2.27. The van der Waals surface area contributed by atoms with E-state index in [1.807, 2.05) is 0 Å². The molecule has 1 unspecified atom stereocenters. The van der Waals surface area contributed by atoms with E-state index in [0.717, 1.165) is 0 Å². The molecule has 0 saturated carbocycles. The van der Waals surface area contributed by atoms with Crippen LogP contribution in [0.4, 0.5) is 0 Å². The fourth-order valence-electron chi connectivity index (χ4n) is 1.54. The second-order valence-electron chi connectivity index (χ2n) is 3.23. The average molecular weight is 183 g/mol. The van der Waals surface area contributed by atoms with Crippen molar-refractivity contribution in [1.29, 1.82) is 0 Å². The maximum absolute atomic E-state index is 11.3. The molecule has 1 atom stereocenters. The fraction of sp³-hybridized carbons (Fsp3) is 0.667. The summed E-state index contributed by atoms with van der Waals surface area (Å²) in [7, 11) is 0. The lowest BCUT2D eigenvalue weighted by molar-refractivity contribution is -0.136. The maximum atomic E-state index is 11.3. The molecule has 4 nitrogen and oxygen atoms in total. The minimum atomic E-state index is -0.491. The van der Waals surface area contributed by atoms with Gasteiger partial charge in [-0.2, -0.15) is 0 Å². The predicted molar refractivity (Wildman–Crippen MR) is 46.1 cm³/mol. The van der Waals surface area contributed by atoms with Gasteiger partial charge in [-0.1, -0.05) is 6.92 Å². The molecule has 0 radical (unpaired) electrons. The zero-order valence-corrected chi connectivity index (χ0v) is 7.87. The standard InChI is InChI=1S/C9H13NO3/c1-3-9(13)8-4-7(12)5-10(8)6(2)11/h8H,3-5H2,1-2H3. The summed E-state index contributed by atoms with van der Waals surface area (Å²) in [6.45, 7) is 3.23. The fourth-order valence-corrected chi connectivity index (χ4v) is 1.54. The minimum absolute atomic E-state index is 0.0259. The normalized spacial score (nSPS) is 22.2. The number of carbonyl (C=O) groups excluding carboxylic acids is 3. The number of nitrogens with zero attached hydrogens (tertiary/aromatic N) is 1. The number of hydrogen-bond donors (Lipinski definition) is 0. The van der Waals surface area contributed by atoms with Gasteiger partial charge in [-0.3, -0.25) is 14.4 Å². The Morgan fingerprint density at radius 2 is 2.15 bits per heavy atom. The van der Waals surface area contributed by atoms with Gasteiger partial charge in [0.1, 0.15) is 0 Å². The number of hydrogen-bond acceptors (Lipinski definition) is 3. The van der Waals surface area contributed by atoms with Crippen LogP contribution in [0.25, 0.3) is 0 Å². The lowest BCUT2D eigenvalue weighted by atomic mass is 10.1. The SMILES string of the molecule is CCC(=O)C1CC(=O)CN1C(C)=O. The molecule has 0 aromatic heterocycles. The summed E-state index contributed by atoms with van der Waals surface area (Å²) in [6, 6.07) is -0.491. The van der Waals surface area contributed by atoms with E-state index in [9.17, 15) is 14.4 Å². The molecule has 1 saturated heterocycles. The number of Topliss-reactive ketones (excluding diaryl/α,β-unsaturated/α-hetero) is 2. The molecule has 0 aliphatic carbocycles. The second-order valence-corrected chi connectivity index (χ2v) is 3.23. The zero-order chi connectivity index (χ0) is 10.0. The summed E-state index contributed by atoms with van der Waals surface area (Å²) in [5.74, 6) is -0.249. The highest BCUT2D eigenvalue weighted by atomic mass is 16.2. The monoisotopic (exact) mass is 183 g/mol. The predicted octanol–water partition coefficient (Wildman–Crippen LogP) is 0.155. The quantitative estimate of drug-likeness (QED) is 0.612. The van der Waals surface area contributed by atoms with E-state index >= 15 is 0 Å². The number of carbonyl (C=O) groups is 3. The van der Waals surface area contributed by atoms with Crippen molar-refractivity contribution >= 4 is 17.5 Å². The van der Waals surface area contributed by atoms with Gasteiger partial charge in [-0.15, -0.1) is 0 Å². The molecule has 4 heteroatoms. The Hall–Kier alpha value is -1.19. The molecule has 1 aliphatic heterocycles. The number of rotatable bonds is 2. The summed E-state index contributed by atoms with van der Waals surface area (Å²) in [6.07, 6.45) is 0.577. The zero-order valence-electron chi connectivity index (χ0n) is 7.87. The Balaban J connectivity index is 2.77. The van der Waals surface area contributed by atoms with Crippen LogP contribution in [0.2, 0.25) is 0 Å². The summed E-state index contributed by atoms with van der Waals surface area (Å²) in [5, 5.41) is 0. The number of amides is 1. The van der Waals surface area contributed by atoms with Crippen molar-refractivity contribution in [3.05, 3.63) is 0 Å². The van der Waals surface area contributed by atoms with Crippen LogP contribution in [-0.2, 0) is 14.4 Å². The molecule has 13 heavy (non-hydrogen) atoms. The molecule has 1 aliphatic rings. The number of likely N-dealkylation sites (tertiary alicyclic amines) is 1. The number of ketones is 2. The first-order chi connectivity index (χ1) is 6.06. The molecule has 0 spiro atoms. The Kier molecular flexibility index (Phi) is 2.80. The molecule has 72 valence electrons. The summed E-state index contributed by atoms with van der Waals surface area (Å²) in [5.41, 5.74) is 0. The van der Waals surface area contributed by atoms with Crippen LogP contribution in [0.3, 0.4) is 0 Å². The van der Waals surface area contributed by atoms with Crippen molar-refractivity contribution in [2.45, 2.75) is 32.7 Å². The Bertz CT molecular complexity index is 260. The third-order valence-corrected chi connectivity index (χ3v) is 2.27. The Morgan fingerprint density at radius 1 is 1.54 bits per heavy atom. The van der Waals surface area contributed by atoms with Gasteiger partial charge in [0.15, 0.2) is 11.6 Å². The van der Waals surface area contributed by atoms with Gasteiger partial charge in [0.2, 0.25) is 5.91 Å². The van der Waals surface area contributed by atoms with Gasteiger partial charge >= 0.3 is 0 Å². The minimum Gasteiger partial charge on any atom is -0.325 e. The van der Waals surface area contributed by atoms with Gasteiger partial charge in [-0.05, 0) is 0 Å². The molecule has 1 fully saturated rings. The van der Waals surface area contributed by atoms with E-state index in [0.29, 0.717) is 6.42 Å². The molecule has 0 N–H and O–H groups in total. The highest BCUT2D eigenvalue weighted by Gasteiger charge is 2.35. The van der Waals surface area contributed by atoms with E-state index in [1.54, 1.807) is 6.92 Å². The van der Waals surface area contributed by atoms with E-state index < -0.39 is 6.04 Å². The van der Waals surface area contributed by atoms with Crippen molar-refractivity contribution in [2.75, 3.05) is 6.54 Å².